The van der Waals surface area contributed by atoms with E-state index in [4.69, 9.17) is 4.74 Å². The summed E-state index contributed by atoms with van der Waals surface area (Å²) in [6, 6.07) is 17.8. The molecule has 1 heterocycles. The van der Waals surface area contributed by atoms with Crippen molar-refractivity contribution in [3.8, 4) is 5.75 Å². The number of ether oxygens (including phenoxy) is 1. The summed E-state index contributed by atoms with van der Waals surface area (Å²) in [5, 5.41) is 5.88. The number of likely N-dealkylation sites (tertiary alicyclic amines) is 1. The van der Waals surface area contributed by atoms with Gasteiger partial charge < -0.3 is 15.4 Å². The number of carbonyl (C=O) groups is 1. The van der Waals surface area contributed by atoms with Crippen molar-refractivity contribution in [1.82, 2.24) is 10.2 Å². The van der Waals surface area contributed by atoms with E-state index in [0.717, 1.165) is 13.1 Å². The van der Waals surface area contributed by atoms with Crippen LogP contribution in [0.15, 0.2) is 54.6 Å². The Balaban J connectivity index is 1.63. The van der Waals surface area contributed by atoms with E-state index >= 15 is 0 Å². The monoisotopic (exact) mass is 339 g/mol. The van der Waals surface area contributed by atoms with Crippen LogP contribution in [0.25, 0.3) is 0 Å². The van der Waals surface area contributed by atoms with Gasteiger partial charge >= 0.3 is 6.03 Å². The van der Waals surface area contributed by atoms with Crippen molar-refractivity contribution in [2.75, 3.05) is 32.1 Å². The second-order valence-electron chi connectivity index (χ2n) is 6.20. The van der Waals surface area contributed by atoms with E-state index in [2.05, 4.69) is 27.7 Å². The van der Waals surface area contributed by atoms with Gasteiger partial charge in [-0.05, 0) is 43.6 Å². The highest BCUT2D eigenvalue weighted by molar-refractivity contribution is 5.90. The largest absolute Gasteiger partial charge is 0.495 e. The smallest absolute Gasteiger partial charge is 0.319 e. The van der Waals surface area contributed by atoms with Crippen molar-refractivity contribution in [2.45, 2.75) is 18.9 Å². The van der Waals surface area contributed by atoms with Gasteiger partial charge in [0.05, 0.1) is 18.8 Å². The average Bonchev–Trinajstić information content (AvgIpc) is 3.18. The molecule has 5 heteroatoms. The molecule has 132 valence electrons. The molecule has 0 aliphatic carbocycles. The molecule has 2 aromatic rings. The lowest BCUT2D eigenvalue weighted by Gasteiger charge is -2.28. The van der Waals surface area contributed by atoms with Crippen LogP contribution in [-0.2, 0) is 0 Å². The molecule has 0 spiro atoms. The van der Waals surface area contributed by atoms with Gasteiger partial charge in [-0.15, -0.1) is 0 Å². The van der Waals surface area contributed by atoms with Gasteiger partial charge in [-0.1, -0.05) is 42.5 Å². The minimum atomic E-state index is -0.218. The Kier molecular flexibility index (Phi) is 5.90. The Labute approximate surface area is 149 Å². The van der Waals surface area contributed by atoms with Crippen molar-refractivity contribution in [2.24, 2.45) is 0 Å². The first-order chi connectivity index (χ1) is 12.3. The Morgan fingerprint density at radius 2 is 1.76 bits per heavy atom. The summed E-state index contributed by atoms with van der Waals surface area (Å²) in [6.45, 7) is 2.73. The number of benzene rings is 2. The third-order valence-electron chi connectivity index (χ3n) is 4.58. The van der Waals surface area contributed by atoms with Crippen LogP contribution in [0.5, 0.6) is 5.75 Å². The number of urea groups is 1. The van der Waals surface area contributed by atoms with Gasteiger partial charge in [-0.25, -0.2) is 4.79 Å². The first kappa shape index (κ1) is 17.3. The van der Waals surface area contributed by atoms with Crippen LogP contribution in [0.1, 0.15) is 24.4 Å². The van der Waals surface area contributed by atoms with Crippen LogP contribution in [0, 0.1) is 0 Å². The molecular formula is C20H25N3O2. The molecule has 1 saturated heterocycles. The van der Waals surface area contributed by atoms with E-state index < -0.39 is 0 Å². The molecule has 2 amide bonds. The Morgan fingerprint density at radius 3 is 2.48 bits per heavy atom. The maximum Gasteiger partial charge on any atom is 0.319 e. The molecule has 5 nitrogen and oxygen atoms in total. The molecule has 0 aromatic heterocycles. The van der Waals surface area contributed by atoms with Gasteiger partial charge in [0.25, 0.3) is 0 Å². The minimum Gasteiger partial charge on any atom is -0.495 e. The molecule has 2 N–H and O–H groups in total. The number of methoxy groups -OCH3 is 1. The van der Waals surface area contributed by atoms with Gasteiger partial charge in [0.2, 0.25) is 0 Å². The van der Waals surface area contributed by atoms with Crippen molar-refractivity contribution >= 4 is 11.7 Å². The first-order valence-corrected chi connectivity index (χ1v) is 8.75. The van der Waals surface area contributed by atoms with E-state index in [1.807, 2.05) is 42.5 Å². The predicted octanol–water partition coefficient (Wildman–Crippen LogP) is 3.65. The molecule has 1 fully saturated rings. The first-order valence-electron chi connectivity index (χ1n) is 8.75. The number of nitrogens with one attached hydrogen (secondary N) is 2. The summed E-state index contributed by atoms with van der Waals surface area (Å²) in [6.07, 6.45) is 2.44. The van der Waals surface area contributed by atoms with Gasteiger partial charge in [-0.3, -0.25) is 4.90 Å². The van der Waals surface area contributed by atoms with Gasteiger partial charge in [0.1, 0.15) is 5.75 Å². The molecule has 25 heavy (non-hydrogen) atoms. The van der Waals surface area contributed by atoms with Crippen molar-refractivity contribution in [3.05, 3.63) is 60.2 Å². The number of rotatable bonds is 6. The molecule has 1 unspecified atom stereocenters. The van der Waals surface area contributed by atoms with E-state index in [1.165, 1.54) is 18.4 Å². The Morgan fingerprint density at radius 1 is 1.08 bits per heavy atom. The molecule has 2 aromatic carbocycles. The minimum absolute atomic E-state index is 0.201. The second kappa shape index (κ2) is 8.53. The van der Waals surface area contributed by atoms with Crippen molar-refractivity contribution in [3.63, 3.8) is 0 Å². The Hall–Kier alpha value is -2.53. The number of anilines is 1. The van der Waals surface area contributed by atoms with Crippen LogP contribution < -0.4 is 15.4 Å². The fraction of sp³-hybridized carbons (Fsp3) is 0.350. The lowest BCUT2D eigenvalue weighted by Crippen LogP contribution is -2.38. The molecule has 0 bridgehead atoms. The summed E-state index contributed by atoms with van der Waals surface area (Å²) < 4.78 is 5.27. The summed E-state index contributed by atoms with van der Waals surface area (Å²) in [5.74, 6) is 0.650. The zero-order valence-electron chi connectivity index (χ0n) is 14.6. The highest BCUT2D eigenvalue weighted by atomic mass is 16.5. The zero-order valence-corrected chi connectivity index (χ0v) is 14.6. The number of para-hydroxylation sites is 2. The summed E-state index contributed by atoms with van der Waals surface area (Å²) in [4.78, 5) is 14.8. The number of amides is 2. The highest BCUT2D eigenvalue weighted by Gasteiger charge is 2.23. The van der Waals surface area contributed by atoms with Crippen molar-refractivity contribution in [1.29, 1.82) is 0 Å². The van der Waals surface area contributed by atoms with Gasteiger partial charge in [0.15, 0.2) is 0 Å². The van der Waals surface area contributed by atoms with Crippen LogP contribution in [0.4, 0.5) is 10.5 Å². The van der Waals surface area contributed by atoms with Crippen LogP contribution in [0.2, 0.25) is 0 Å². The van der Waals surface area contributed by atoms with Crippen LogP contribution >= 0.6 is 0 Å². The summed E-state index contributed by atoms with van der Waals surface area (Å²) in [7, 11) is 1.59. The molecule has 1 aliphatic rings. The lowest BCUT2D eigenvalue weighted by molar-refractivity contribution is 0.227. The third kappa shape index (κ3) is 4.51. The normalized spacial score (nSPS) is 15.6. The maximum atomic E-state index is 12.3. The standard InChI is InChI=1S/C20H25N3O2/c1-25-19-12-6-5-11-17(19)22-20(24)21-15-18(23-13-7-8-14-23)16-9-3-2-4-10-16/h2-6,9-12,18H,7-8,13-15H2,1H3,(H2,21,22,24). The second-order valence-corrected chi connectivity index (χ2v) is 6.20. The van der Waals surface area contributed by atoms with Gasteiger partial charge in [0, 0.05) is 6.54 Å². The number of hydrogen-bond acceptors (Lipinski definition) is 3. The third-order valence-corrected chi connectivity index (χ3v) is 4.58. The fourth-order valence-corrected chi connectivity index (χ4v) is 3.29. The Bertz CT molecular complexity index is 684. The summed E-state index contributed by atoms with van der Waals surface area (Å²) >= 11 is 0. The van der Waals surface area contributed by atoms with Crippen LogP contribution in [0.3, 0.4) is 0 Å². The zero-order chi connectivity index (χ0) is 17.5. The topological polar surface area (TPSA) is 53.6 Å². The SMILES string of the molecule is COc1ccccc1NC(=O)NCC(c1ccccc1)N1CCCC1. The lowest BCUT2D eigenvalue weighted by atomic mass is 10.1. The molecule has 0 radical (unpaired) electrons. The van der Waals surface area contributed by atoms with E-state index in [1.54, 1.807) is 7.11 Å². The number of nitrogens with zero attached hydrogens (tertiary/aromatic N) is 1. The number of carbonyl (C=O) groups excluding carboxylic acids is 1. The van der Waals surface area contributed by atoms with Gasteiger partial charge in [-0.2, -0.15) is 0 Å². The molecule has 1 atom stereocenters. The molecule has 0 saturated carbocycles. The number of hydrogen-bond donors (Lipinski definition) is 2. The molecule has 3 rings (SSSR count). The van der Waals surface area contributed by atoms with E-state index in [0.29, 0.717) is 18.0 Å². The average molecular weight is 339 g/mol. The van der Waals surface area contributed by atoms with Crippen molar-refractivity contribution < 1.29 is 9.53 Å². The maximum absolute atomic E-state index is 12.3. The van der Waals surface area contributed by atoms with Crippen LogP contribution in [-0.4, -0.2) is 37.7 Å². The highest BCUT2D eigenvalue weighted by Crippen LogP contribution is 2.25. The predicted molar refractivity (Wildman–Crippen MR) is 100 cm³/mol. The molecule has 1 aliphatic heterocycles. The molecular weight excluding hydrogens is 314 g/mol. The van der Waals surface area contributed by atoms with E-state index in [-0.39, 0.29) is 12.1 Å². The van der Waals surface area contributed by atoms with E-state index in [9.17, 15) is 4.79 Å². The fourth-order valence-electron chi connectivity index (χ4n) is 3.29. The summed E-state index contributed by atoms with van der Waals surface area (Å²) in [5.41, 5.74) is 1.90. The quantitative estimate of drug-likeness (QED) is 0.844.